The summed E-state index contributed by atoms with van der Waals surface area (Å²) in [6.07, 6.45) is 1.71. The maximum atomic E-state index is 15.4. The van der Waals surface area contributed by atoms with Gasteiger partial charge in [-0.1, -0.05) is 41.9 Å². The number of sulfonamides is 1. The summed E-state index contributed by atoms with van der Waals surface area (Å²) < 4.78 is 50.5. The Hall–Kier alpha value is -4.19. The van der Waals surface area contributed by atoms with E-state index in [4.69, 9.17) is 27.2 Å². The number of nitrogens with zero attached hydrogens (tertiary/aromatic N) is 3. The second-order valence-corrected chi connectivity index (χ2v) is 12.5. The van der Waals surface area contributed by atoms with Crippen LogP contribution in [-0.2, 0) is 14.8 Å². The molecule has 0 aliphatic heterocycles. The molecule has 12 heteroatoms. The Bertz CT molecular complexity index is 1890. The van der Waals surface area contributed by atoms with E-state index in [-0.39, 0.29) is 33.5 Å². The van der Waals surface area contributed by atoms with Crippen molar-refractivity contribution in [2.24, 2.45) is 0 Å². The molecule has 1 unspecified atom stereocenters. The van der Waals surface area contributed by atoms with Crippen molar-refractivity contribution >= 4 is 49.7 Å². The summed E-state index contributed by atoms with van der Waals surface area (Å²) in [6.45, 7) is 6.61. The van der Waals surface area contributed by atoms with Crippen molar-refractivity contribution < 1.29 is 17.5 Å². The topological polar surface area (TPSA) is 124 Å². The van der Waals surface area contributed by atoms with Crippen LogP contribution in [-0.4, -0.2) is 42.9 Å². The predicted octanol–water partition coefficient (Wildman–Crippen LogP) is 6.97. The maximum Gasteiger partial charge on any atom is 0.263 e. The Labute approximate surface area is 254 Å². The Morgan fingerprint density at radius 2 is 1.74 bits per heavy atom. The highest BCUT2D eigenvalue weighted by atomic mass is 35.5. The average molecular weight is 623 g/mol. The number of hydrogen-bond donors (Lipinski definition) is 3. The molecule has 0 bridgehead atoms. The van der Waals surface area contributed by atoms with E-state index in [1.54, 1.807) is 25.4 Å². The molecular formula is C31H32ClFN6O3S. The first-order valence-electron chi connectivity index (χ1n) is 13.6. The second kappa shape index (κ2) is 12.2. The molecule has 1 atom stereocenters. The van der Waals surface area contributed by atoms with Crippen LogP contribution in [0.25, 0.3) is 33.3 Å². The van der Waals surface area contributed by atoms with E-state index in [2.05, 4.69) is 15.0 Å². The number of nitrogens with one attached hydrogen (secondary N) is 2. The van der Waals surface area contributed by atoms with E-state index in [9.17, 15) is 8.42 Å². The number of ether oxygens (including phenoxy) is 1. The molecule has 5 aromatic rings. The summed E-state index contributed by atoms with van der Waals surface area (Å²) in [4.78, 5) is 4.31. The summed E-state index contributed by atoms with van der Waals surface area (Å²) >= 11 is 6.07. The van der Waals surface area contributed by atoms with Crippen molar-refractivity contribution in [3.05, 3.63) is 83.8 Å². The molecule has 0 aliphatic carbocycles. The monoisotopic (exact) mass is 622 g/mol. The van der Waals surface area contributed by atoms with Gasteiger partial charge in [-0.2, -0.15) is 5.10 Å². The highest BCUT2D eigenvalue weighted by molar-refractivity contribution is 7.92. The number of fused-ring (bicyclic) bond motifs is 1. The van der Waals surface area contributed by atoms with Gasteiger partial charge in [0.05, 0.1) is 28.2 Å². The van der Waals surface area contributed by atoms with Crippen LogP contribution in [0.2, 0.25) is 5.02 Å². The number of hydrogen-bond acceptors (Lipinski definition) is 7. The number of rotatable bonds is 10. The molecule has 0 saturated carbocycles. The molecule has 5 rings (SSSR count). The summed E-state index contributed by atoms with van der Waals surface area (Å²) in [5, 5.41) is 8.84. The van der Waals surface area contributed by atoms with Crippen LogP contribution in [0.4, 0.5) is 21.6 Å². The predicted molar refractivity (Wildman–Crippen MR) is 170 cm³/mol. The lowest BCUT2D eigenvalue weighted by Crippen LogP contribution is -2.20. The highest BCUT2D eigenvalue weighted by Crippen LogP contribution is 2.39. The smallest absolute Gasteiger partial charge is 0.263 e. The summed E-state index contributed by atoms with van der Waals surface area (Å²) in [7, 11) is -2.46. The minimum atomic E-state index is -4.12. The molecule has 224 valence electrons. The Morgan fingerprint density at radius 3 is 2.40 bits per heavy atom. The van der Waals surface area contributed by atoms with Crippen molar-refractivity contribution in [1.82, 2.24) is 14.8 Å². The van der Waals surface area contributed by atoms with Crippen LogP contribution in [0.5, 0.6) is 0 Å². The van der Waals surface area contributed by atoms with E-state index < -0.39 is 15.8 Å². The molecule has 0 amide bonds. The number of pyridine rings is 1. The third-order valence-corrected chi connectivity index (χ3v) is 8.75. The number of nitrogen functional groups attached to an aromatic ring is 1. The average Bonchev–Trinajstić information content (AvgIpc) is 3.37. The van der Waals surface area contributed by atoms with Crippen molar-refractivity contribution in [1.29, 1.82) is 0 Å². The normalized spacial score (nSPS) is 12.5. The van der Waals surface area contributed by atoms with E-state index in [0.29, 0.717) is 23.3 Å². The third kappa shape index (κ3) is 6.15. The first kappa shape index (κ1) is 30.3. The largest absolute Gasteiger partial charge is 0.383 e. The van der Waals surface area contributed by atoms with E-state index in [1.807, 2.05) is 49.7 Å². The van der Waals surface area contributed by atoms with Gasteiger partial charge in [0.15, 0.2) is 0 Å². The zero-order valence-electron chi connectivity index (χ0n) is 24.1. The number of anilines is 3. The summed E-state index contributed by atoms with van der Waals surface area (Å²) in [5.74, 6) is -0.537. The van der Waals surface area contributed by atoms with Gasteiger partial charge in [-0.25, -0.2) is 17.8 Å². The SMILES string of the molecule is COCC(C)Nc1ccc(-c2cnc(N)c3c(-c4ccc(NS(=O)(=O)c5ccccc5Cl)c(F)c4)nn(C(C)C)c23)cc1. The lowest BCUT2D eigenvalue weighted by Gasteiger charge is -2.15. The van der Waals surface area contributed by atoms with E-state index >= 15 is 4.39 Å². The van der Waals surface area contributed by atoms with Crippen molar-refractivity contribution in [3.63, 3.8) is 0 Å². The van der Waals surface area contributed by atoms with Gasteiger partial charge in [0, 0.05) is 42.2 Å². The van der Waals surface area contributed by atoms with Gasteiger partial charge in [0.25, 0.3) is 10.0 Å². The highest BCUT2D eigenvalue weighted by Gasteiger charge is 2.24. The van der Waals surface area contributed by atoms with Gasteiger partial charge in [0.1, 0.15) is 22.2 Å². The zero-order valence-corrected chi connectivity index (χ0v) is 25.7. The number of nitrogens with two attached hydrogens (primary N) is 1. The van der Waals surface area contributed by atoms with Crippen molar-refractivity contribution in [2.75, 3.05) is 29.5 Å². The number of methoxy groups -OCH3 is 1. The standard InChI is InChI=1S/C31H32ClFN6O3S/c1-18(2)39-30-23(20-9-12-22(13-10-20)36-19(3)17-42-4)16-35-31(34)28(30)29(37-39)21-11-14-26(25(33)15-21)38-43(40,41)27-8-6-5-7-24(27)32/h5-16,18-19,36,38H,17H2,1-4H3,(H2,34,35). The fourth-order valence-electron chi connectivity index (χ4n) is 4.91. The number of benzene rings is 3. The van der Waals surface area contributed by atoms with Crippen LogP contribution in [0.1, 0.15) is 26.8 Å². The summed E-state index contributed by atoms with van der Waals surface area (Å²) in [6, 6.07) is 18.2. The minimum absolute atomic E-state index is 0.0306. The van der Waals surface area contributed by atoms with Gasteiger partial charge in [0.2, 0.25) is 0 Å². The van der Waals surface area contributed by atoms with Gasteiger partial charge in [-0.15, -0.1) is 0 Å². The molecule has 9 nitrogen and oxygen atoms in total. The molecule has 0 saturated heterocycles. The molecule has 0 spiro atoms. The summed E-state index contributed by atoms with van der Waals surface area (Å²) in [5.41, 5.74) is 10.5. The number of halogens is 2. The minimum Gasteiger partial charge on any atom is -0.383 e. The molecular weight excluding hydrogens is 591 g/mol. The third-order valence-electron chi connectivity index (χ3n) is 6.88. The Morgan fingerprint density at radius 1 is 1.05 bits per heavy atom. The van der Waals surface area contributed by atoms with Gasteiger partial charge in [-0.3, -0.25) is 9.40 Å². The lowest BCUT2D eigenvalue weighted by atomic mass is 10.0. The second-order valence-electron chi connectivity index (χ2n) is 10.5. The fourth-order valence-corrected chi connectivity index (χ4v) is 6.50. The van der Waals surface area contributed by atoms with Crippen LogP contribution < -0.4 is 15.8 Å². The van der Waals surface area contributed by atoms with Crippen molar-refractivity contribution in [3.8, 4) is 22.4 Å². The Kier molecular flexibility index (Phi) is 8.59. The molecule has 3 aromatic carbocycles. The molecule has 0 radical (unpaired) electrons. The zero-order chi connectivity index (χ0) is 30.9. The lowest BCUT2D eigenvalue weighted by molar-refractivity contribution is 0.190. The van der Waals surface area contributed by atoms with Gasteiger partial charge < -0.3 is 15.8 Å². The molecule has 0 fully saturated rings. The first-order chi connectivity index (χ1) is 20.5. The fraction of sp³-hybridized carbons (Fsp3) is 0.226. The van der Waals surface area contributed by atoms with E-state index in [0.717, 1.165) is 22.3 Å². The molecule has 2 aromatic heterocycles. The van der Waals surface area contributed by atoms with Crippen molar-refractivity contribution in [2.45, 2.75) is 37.8 Å². The quantitative estimate of drug-likeness (QED) is 0.154. The van der Waals surface area contributed by atoms with Crippen LogP contribution in [0.3, 0.4) is 0 Å². The maximum absolute atomic E-state index is 15.4. The van der Waals surface area contributed by atoms with Crippen LogP contribution in [0.15, 0.2) is 77.8 Å². The molecule has 2 heterocycles. The molecule has 4 N–H and O–H groups in total. The van der Waals surface area contributed by atoms with Gasteiger partial charge >= 0.3 is 0 Å². The Balaban J connectivity index is 1.55. The molecule has 43 heavy (non-hydrogen) atoms. The van der Waals surface area contributed by atoms with Gasteiger partial charge in [-0.05, 0) is 62.7 Å². The van der Waals surface area contributed by atoms with Crippen LogP contribution in [0, 0.1) is 5.82 Å². The molecule has 0 aliphatic rings. The van der Waals surface area contributed by atoms with Crippen LogP contribution >= 0.6 is 11.6 Å². The number of aromatic nitrogens is 3. The first-order valence-corrected chi connectivity index (χ1v) is 15.5. The van der Waals surface area contributed by atoms with E-state index in [1.165, 1.54) is 30.3 Å².